The first-order valence-corrected chi connectivity index (χ1v) is 10.0. The lowest BCUT2D eigenvalue weighted by molar-refractivity contribution is 0.0881. The molecule has 0 radical (unpaired) electrons. The maximum atomic E-state index is 4.57. The van der Waals surface area contributed by atoms with Crippen molar-refractivity contribution < 1.29 is 0 Å². The number of piperazine rings is 1. The Bertz CT molecular complexity index is 1090. The Morgan fingerprint density at radius 1 is 0.931 bits per heavy atom. The number of hydrogen-bond acceptors (Lipinski definition) is 5. The Morgan fingerprint density at radius 3 is 2.62 bits per heavy atom. The van der Waals surface area contributed by atoms with E-state index < -0.39 is 0 Å². The Morgan fingerprint density at radius 2 is 1.79 bits per heavy atom. The zero-order valence-electron chi connectivity index (χ0n) is 16.5. The predicted octanol–water partition coefficient (Wildman–Crippen LogP) is 3.28. The van der Waals surface area contributed by atoms with Crippen LogP contribution in [0.1, 0.15) is 17.4 Å². The van der Waals surface area contributed by atoms with Gasteiger partial charge in [-0.2, -0.15) is 0 Å². The number of aromatic nitrogens is 4. The smallest absolute Gasteiger partial charge is 0.109 e. The molecular weight excluding hydrogens is 360 g/mol. The number of benzene rings is 1. The van der Waals surface area contributed by atoms with Crippen LogP contribution in [0.15, 0.2) is 73.1 Å². The summed E-state index contributed by atoms with van der Waals surface area (Å²) in [4.78, 5) is 9.31. The minimum absolute atomic E-state index is 0.215. The molecule has 0 amide bonds. The highest BCUT2D eigenvalue weighted by Gasteiger charge is 2.29. The molecule has 1 unspecified atom stereocenters. The van der Waals surface area contributed by atoms with Crippen LogP contribution < -0.4 is 0 Å². The second-order valence-electron chi connectivity index (χ2n) is 7.64. The minimum Gasteiger partial charge on any atom is -0.295 e. The molecule has 0 N–H and O–H groups in total. The lowest BCUT2D eigenvalue weighted by atomic mass is 10.1. The van der Waals surface area contributed by atoms with E-state index in [4.69, 9.17) is 0 Å². The van der Waals surface area contributed by atoms with Gasteiger partial charge in [-0.05, 0) is 30.8 Å². The summed E-state index contributed by atoms with van der Waals surface area (Å²) in [5.74, 6) is 0. The van der Waals surface area contributed by atoms with E-state index in [1.54, 1.807) is 0 Å². The lowest BCUT2D eigenvalue weighted by Crippen LogP contribution is -2.46. The van der Waals surface area contributed by atoms with Gasteiger partial charge in [0.15, 0.2) is 0 Å². The molecule has 4 aromatic rings. The lowest BCUT2D eigenvalue weighted by Gasteiger charge is -2.38. The number of hydrogen-bond donors (Lipinski definition) is 0. The first kappa shape index (κ1) is 18.0. The van der Waals surface area contributed by atoms with Crippen LogP contribution in [0.2, 0.25) is 0 Å². The molecule has 1 aliphatic heterocycles. The molecule has 3 aromatic heterocycles. The van der Waals surface area contributed by atoms with Crippen molar-refractivity contribution in [1.29, 1.82) is 0 Å². The van der Waals surface area contributed by atoms with E-state index in [1.807, 2.05) is 28.9 Å². The zero-order chi connectivity index (χ0) is 19.6. The van der Waals surface area contributed by atoms with E-state index in [0.29, 0.717) is 0 Å². The maximum Gasteiger partial charge on any atom is 0.109 e. The Balaban J connectivity index is 1.41. The summed E-state index contributed by atoms with van der Waals surface area (Å²) >= 11 is 0. The fourth-order valence-electron chi connectivity index (χ4n) is 4.04. The van der Waals surface area contributed by atoms with E-state index in [2.05, 4.69) is 80.8 Å². The second-order valence-corrected chi connectivity index (χ2v) is 7.64. The average Bonchev–Trinajstić information content (AvgIpc) is 3.19. The van der Waals surface area contributed by atoms with Gasteiger partial charge in [0.25, 0.3) is 0 Å². The molecule has 1 fully saturated rings. The Kier molecular flexibility index (Phi) is 4.79. The molecule has 0 bridgehead atoms. The zero-order valence-corrected chi connectivity index (χ0v) is 16.5. The van der Waals surface area contributed by atoms with Crippen LogP contribution in [-0.4, -0.2) is 56.3 Å². The molecule has 29 heavy (non-hydrogen) atoms. The molecule has 1 aliphatic rings. The van der Waals surface area contributed by atoms with Gasteiger partial charge in [0.1, 0.15) is 5.69 Å². The SMILES string of the molecule is CN1CCN(Cc2ccccn2)CC1c1nnn2cc(-c3ccccc3)ccc12. The molecule has 146 valence electrons. The molecule has 1 saturated heterocycles. The fraction of sp³-hybridized carbons (Fsp3) is 0.261. The minimum atomic E-state index is 0.215. The van der Waals surface area contributed by atoms with E-state index in [9.17, 15) is 0 Å². The summed E-state index contributed by atoms with van der Waals surface area (Å²) in [6.45, 7) is 3.81. The first-order valence-electron chi connectivity index (χ1n) is 10.0. The van der Waals surface area contributed by atoms with Gasteiger partial charge in [-0.1, -0.05) is 47.7 Å². The van der Waals surface area contributed by atoms with Crippen LogP contribution in [0.3, 0.4) is 0 Å². The van der Waals surface area contributed by atoms with Crippen molar-refractivity contribution in [3.05, 3.63) is 84.4 Å². The topological polar surface area (TPSA) is 49.6 Å². The van der Waals surface area contributed by atoms with Crippen molar-refractivity contribution in [2.45, 2.75) is 12.6 Å². The van der Waals surface area contributed by atoms with E-state index >= 15 is 0 Å². The highest BCUT2D eigenvalue weighted by atomic mass is 15.4. The number of pyridine rings is 2. The third-order valence-electron chi connectivity index (χ3n) is 5.71. The number of rotatable bonds is 4. The van der Waals surface area contributed by atoms with Crippen LogP contribution in [-0.2, 0) is 6.54 Å². The van der Waals surface area contributed by atoms with Gasteiger partial charge in [-0.15, -0.1) is 5.10 Å². The Hall–Kier alpha value is -3.09. The van der Waals surface area contributed by atoms with Gasteiger partial charge < -0.3 is 0 Å². The molecule has 0 aliphatic carbocycles. The van der Waals surface area contributed by atoms with Gasteiger partial charge in [0.2, 0.25) is 0 Å². The van der Waals surface area contributed by atoms with Gasteiger partial charge in [0, 0.05) is 44.1 Å². The molecule has 4 heterocycles. The molecule has 6 heteroatoms. The Labute approximate surface area is 170 Å². The third kappa shape index (κ3) is 3.64. The molecular formula is C23H24N6. The largest absolute Gasteiger partial charge is 0.295 e. The van der Waals surface area contributed by atoms with Gasteiger partial charge in [-0.25, -0.2) is 4.52 Å². The van der Waals surface area contributed by atoms with Gasteiger partial charge >= 0.3 is 0 Å². The van der Waals surface area contributed by atoms with Crippen molar-refractivity contribution in [2.24, 2.45) is 0 Å². The highest BCUT2D eigenvalue weighted by Crippen LogP contribution is 2.28. The van der Waals surface area contributed by atoms with Gasteiger partial charge in [-0.3, -0.25) is 14.8 Å². The summed E-state index contributed by atoms with van der Waals surface area (Å²) in [5, 5.41) is 9.01. The van der Waals surface area contributed by atoms with Crippen LogP contribution in [0.25, 0.3) is 16.6 Å². The highest BCUT2D eigenvalue weighted by molar-refractivity contribution is 5.66. The predicted molar refractivity (Wildman–Crippen MR) is 113 cm³/mol. The van der Waals surface area contributed by atoms with Crippen LogP contribution >= 0.6 is 0 Å². The van der Waals surface area contributed by atoms with Crippen LogP contribution in [0, 0.1) is 0 Å². The third-order valence-corrected chi connectivity index (χ3v) is 5.71. The summed E-state index contributed by atoms with van der Waals surface area (Å²) < 4.78 is 1.91. The first-order chi connectivity index (χ1) is 14.3. The molecule has 1 atom stereocenters. The molecule has 0 saturated carbocycles. The van der Waals surface area contributed by atoms with Crippen molar-refractivity contribution in [2.75, 3.05) is 26.7 Å². The summed E-state index contributed by atoms with van der Waals surface area (Å²) in [7, 11) is 2.17. The monoisotopic (exact) mass is 384 g/mol. The van der Waals surface area contributed by atoms with Crippen LogP contribution in [0.5, 0.6) is 0 Å². The quantitative estimate of drug-likeness (QED) is 0.540. The van der Waals surface area contributed by atoms with Crippen molar-refractivity contribution in [1.82, 2.24) is 29.6 Å². The van der Waals surface area contributed by atoms with E-state index in [1.165, 1.54) is 5.56 Å². The van der Waals surface area contributed by atoms with Crippen molar-refractivity contribution in [3.63, 3.8) is 0 Å². The van der Waals surface area contributed by atoms with E-state index in [0.717, 1.165) is 48.6 Å². The van der Waals surface area contributed by atoms with E-state index in [-0.39, 0.29) is 6.04 Å². The summed E-state index contributed by atoms with van der Waals surface area (Å²) in [6.07, 6.45) is 3.93. The molecule has 6 nitrogen and oxygen atoms in total. The molecule has 1 aromatic carbocycles. The van der Waals surface area contributed by atoms with Crippen LogP contribution in [0.4, 0.5) is 0 Å². The van der Waals surface area contributed by atoms with Crippen molar-refractivity contribution >= 4 is 5.52 Å². The number of likely N-dealkylation sites (N-methyl/N-ethyl adjacent to an activating group) is 1. The summed E-state index contributed by atoms with van der Waals surface area (Å²) in [6, 6.07) is 21.0. The van der Waals surface area contributed by atoms with Gasteiger partial charge in [0.05, 0.1) is 17.3 Å². The molecule has 0 spiro atoms. The van der Waals surface area contributed by atoms with Crippen molar-refractivity contribution in [3.8, 4) is 11.1 Å². The number of nitrogens with zero attached hydrogens (tertiary/aromatic N) is 6. The summed E-state index contributed by atoms with van der Waals surface area (Å²) in [5.41, 5.74) is 5.54. The standard InChI is InChI=1S/C23H24N6/c1-27-13-14-28(16-20-9-5-6-12-24-20)17-22(27)23-21-11-10-19(15-29(21)26-25-23)18-7-3-2-4-8-18/h2-12,15,22H,13-14,16-17H2,1H3. The average molecular weight is 384 g/mol. The normalized spacial score (nSPS) is 18.3. The fourth-order valence-corrected chi connectivity index (χ4v) is 4.04. The number of fused-ring (bicyclic) bond motifs is 1. The molecule has 5 rings (SSSR count). The second kappa shape index (κ2) is 7.73. The maximum absolute atomic E-state index is 4.57.